The summed E-state index contributed by atoms with van der Waals surface area (Å²) in [6, 6.07) is 11.7. The molecule has 0 fully saturated rings. The molecule has 1 aliphatic carbocycles. The number of carbonyl (C=O) groups is 1. The first-order chi connectivity index (χ1) is 13.9. The maximum atomic E-state index is 12.3. The number of hydrogen-bond acceptors (Lipinski definition) is 5. The quantitative estimate of drug-likeness (QED) is 0.575. The fourth-order valence-corrected chi connectivity index (χ4v) is 5.48. The molecule has 2 heterocycles. The minimum absolute atomic E-state index is 0.115. The van der Waals surface area contributed by atoms with Crippen molar-refractivity contribution in [2.45, 2.75) is 39.7 Å². The molecule has 0 saturated heterocycles. The molecule has 5 nitrogen and oxygen atoms in total. The van der Waals surface area contributed by atoms with Gasteiger partial charge in [0.2, 0.25) is 0 Å². The molecule has 6 heteroatoms. The van der Waals surface area contributed by atoms with Gasteiger partial charge in [0.15, 0.2) is 0 Å². The van der Waals surface area contributed by atoms with Crippen molar-refractivity contribution in [1.82, 2.24) is 4.98 Å². The highest BCUT2D eigenvalue weighted by atomic mass is 32.1. The first-order valence-electron chi connectivity index (χ1n) is 9.64. The third-order valence-electron chi connectivity index (χ3n) is 5.56. The van der Waals surface area contributed by atoms with E-state index in [9.17, 15) is 9.90 Å². The Kier molecular flexibility index (Phi) is 5.25. The average Bonchev–Trinajstić information content (AvgIpc) is 3.06. The summed E-state index contributed by atoms with van der Waals surface area (Å²) in [5.41, 5.74) is 5.04. The van der Waals surface area contributed by atoms with Crippen molar-refractivity contribution in [2.75, 3.05) is 0 Å². The highest BCUT2D eigenvalue weighted by molar-refractivity contribution is 7.16. The second-order valence-electron chi connectivity index (χ2n) is 8.21. The van der Waals surface area contributed by atoms with E-state index >= 15 is 0 Å². The van der Waals surface area contributed by atoms with Crippen LogP contribution in [-0.4, -0.2) is 16.1 Å². The first-order valence-corrected chi connectivity index (χ1v) is 10.5. The largest absolute Gasteiger partial charge is 0.478 e. The minimum atomic E-state index is -0.860. The molecule has 2 aromatic heterocycles. The molecular weight excluding hydrogens is 384 g/mol. The standard InChI is InChI=1S/C23H24N2O3S/c1-23(2)10-9-19-17(12-23)20(22(26)27)21(29-19)16-7-4-3-6-14(16)15-8-5-11-25-18(15)13-28-24/h3-8,11H,9-10,12-13,24H2,1-2H3,(H,26,27). The van der Waals surface area contributed by atoms with E-state index < -0.39 is 5.97 Å². The van der Waals surface area contributed by atoms with Gasteiger partial charge in [-0.3, -0.25) is 9.82 Å². The van der Waals surface area contributed by atoms with Crippen LogP contribution >= 0.6 is 11.3 Å². The Morgan fingerprint density at radius 3 is 2.66 bits per heavy atom. The third kappa shape index (κ3) is 3.71. The van der Waals surface area contributed by atoms with E-state index in [0.29, 0.717) is 5.56 Å². The molecule has 0 amide bonds. The molecule has 0 atom stereocenters. The predicted molar refractivity (Wildman–Crippen MR) is 115 cm³/mol. The van der Waals surface area contributed by atoms with Crippen molar-refractivity contribution in [3.8, 4) is 21.6 Å². The zero-order valence-corrected chi connectivity index (χ0v) is 17.4. The number of thiophene rings is 1. The molecule has 3 aromatic rings. The maximum Gasteiger partial charge on any atom is 0.337 e. The molecular formula is C23H24N2O3S. The van der Waals surface area contributed by atoms with Gasteiger partial charge in [-0.15, -0.1) is 11.3 Å². The summed E-state index contributed by atoms with van der Waals surface area (Å²) in [7, 11) is 0. The van der Waals surface area contributed by atoms with Gasteiger partial charge in [-0.05, 0) is 41.9 Å². The second-order valence-corrected chi connectivity index (χ2v) is 9.31. The topological polar surface area (TPSA) is 85.4 Å². The summed E-state index contributed by atoms with van der Waals surface area (Å²) in [5.74, 6) is 4.44. The maximum absolute atomic E-state index is 12.3. The number of nitrogens with zero attached hydrogens (tertiary/aromatic N) is 1. The average molecular weight is 409 g/mol. The van der Waals surface area contributed by atoms with Crippen molar-refractivity contribution in [1.29, 1.82) is 0 Å². The van der Waals surface area contributed by atoms with Gasteiger partial charge in [-0.25, -0.2) is 10.7 Å². The van der Waals surface area contributed by atoms with E-state index in [1.54, 1.807) is 17.5 Å². The summed E-state index contributed by atoms with van der Waals surface area (Å²) in [6.45, 7) is 4.61. The van der Waals surface area contributed by atoms with E-state index in [2.05, 4.69) is 18.8 Å². The fraction of sp³-hybridized carbons (Fsp3) is 0.304. The molecule has 0 aliphatic heterocycles. The van der Waals surface area contributed by atoms with Crippen LogP contribution in [0.2, 0.25) is 0 Å². The Balaban J connectivity index is 1.93. The number of aryl methyl sites for hydroxylation is 1. The lowest BCUT2D eigenvalue weighted by Crippen LogP contribution is -2.22. The summed E-state index contributed by atoms with van der Waals surface area (Å²) in [4.78, 5) is 23.6. The van der Waals surface area contributed by atoms with Crippen LogP contribution in [0.15, 0.2) is 42.6 Å². The van der Waals surface area contributed by atoms with Crippen LogP contribution in [0.5, 0.6) is 0 Å². The lowest BCUT2D eigenvalue weighted by molar-refractivity contribution is 0.0696. The highest BCUT2D eigenvalue weighted by Gasteiger charge is 2.33. The number of aromatic nitrogens is 1. The fourth-order valence-electron chi connectivity index (χ4n) is 4.13. The van der Waals surface area contributed by atoms with Crippen LogP contribution in [0.25, 0.3) is 21.6 Å². The Labute approximate surface area is 174 Å². The lowest BCUT2D eigenvalue weighted by atomic mass is 9.75. The molecule has 1 aliphatic rings. The van der Waals surface area contributed by atoms with Crippen molar-refractivity contribution in [3.63, 3.8) is 0 Å². The number of carboxylic acid groups (broad SMARTS) is 1. The van der Waals surface area contributed by atoms with E-state index in [-0.39, 0.29) is 12.0 Å². The van der Waals surface area contributed by atoms with Crippen LogP contribution in [0.3, 0.4) is 0 Å². The van der Waals surface area contributed by atoms with E-state index in [1.165, 1.54) is 4.88 Å². The van der Waals surface area contributed by atoms with E-state index in [4.69, 9.17) is 10.7 Å². The van der Waals surface area contributed by atoms with Crippen molar-refractivity contribution >= 4 is 17.3 Å². The van der Waals surface area contributed by atoms with Gasteiger partial charge in [-0.1, -0.05) is 44.2 Å². The molecule has 1 aromatic carbocycles. The number of benzene rings is 1. The minimum Gasteiger partial charge on any atom is -0.478 e. The predicted octanol–water partition coefficient (Wildman–Crippen LogP) is 5.08. The van der Waals surface area contributed by atoms with Crippen LogP contribution < -0.4 is 5.90 Å². The van der Waals surface area contributed by atoms with Crippen molar-refractivity contribution in [3.05, 3.63) is 64.3 Å². The van der Waals surface area contributed by atoms with Gasteiger partial charge in [-0.2, -0.15) is 0 Å². The number of carboxylic acids is 1. The molecule has 4 rings (SSSR count). The van der Waals surface area contributed by atoms with Crippen LogP contribution in [0, 0.1) is 5.41 Å². The number of rotatable bonds is 5. The highest BCUT2D eigenvalue weighted by Crippen LogP contribution is 2.47. The number of nitrogens with two attached hydrogens (primary N) is 1. The summed E-state index contributed by atoms with van der Waals surface area (Å²) in [6.07, 6.45) is 4.49. The zero-order valence-electron chi connectivity index (χ0n) is 16.6. The Bertz CT molecular complexity index is 1070. The Morgan fingerprint density at radius 1 is 1.21 bits per heavy atom. The number of fused-ring (bicyclic) bond motifs is 1. The third-order valence-corrected chi connectivity index (χ3v) is 6.89. The van der Waals surface area contributed by atoms with Gasteiger partial charge >= 0.3 is 5.97 Å². The zero-order chi connectivity index (χ0) is 20.6. The van der Waals surface area contributed by atoms with Gasteiger partial charge in [0.05, 0.1) is 11.3 Å². The Hall–Kier alpha value is -2.54. The molecule has 29 heavy (non-hydrogen) atoms. The molecule has 150 valence electrons. The van der Waals surface area contributed by atoms with E-state index in [0.717, 1.165) is 52.1 Å². The number of hydrogen-bond donors (Lipinski definition) is 2. The summed E-state index contributed by atoms with van der Waals surface area (Å²) >= 11 is 1.61. The molecule has 0 radical (unpaired) electrons. The normalized spacial score (nSPS) is 15.1. The van der Waals surface area contributed by atoms with E-state index in [1.807, 2.05) is 36.4 Å². The molecule has 0 saturated carbocycles. The number of aromatic carboxylic acids is 1. The number of pyridine rings is 1. The van der Waals surface area contributed by atoms with Crippen LogP contribution in [0.4, 0.5) is 0 Å². The second kappa shape index (κ2) is 7.71. The van der Waals surface area contributed by atoms with Gasteiger partial charge in [0.25, 0.3) is 0 Å². The van der Waals surface area contributed by atoms with Gasteiger partial charge in [0, 0.05) is 27.1 Å². The lowest BCUT2D eigenvalue weighted by Gasteiger charge is -2.29. The van der Waals surface area contributed by atoms with Crippen molar-refractivity contribution < 1.29 is 14.7 Å². The van der Waals surface area contributed by atoms with Crippen LogP contribution in [0.1, 0.15) is 46.8 Å². The van der Waals surface area contributed by atoms with Gasteiger partial charge < -0.3 is 5.11 Å². The summed E-state index contributed by atoms with van der Waals surface area (Å²) in [5, 5.41) is 10.1. The summed E-state index contributed by atoms with van der Waals surface area (Å²) < 4.78 is 0. The Morgan fingerprint density at radius 2 is 1.93 bits per heavy atom. The molecule has 0 spiro atoms. The van der Waals surface area contributed by atoms with Gasteiger partial charge in [0.1, 0.15) is 6.61 Å². The van der Waals surface area contributed by atoms with Crippen molar-refractivity contribution in [2.24, 2.45) is 11.3 Å². The monoisotopic (exact) mass is 408 g/mol. The molecule has 0 unspecified atom stereocenters. The SMILES string of the molecule is CC1(C)CCc2sc(-c3ccccc3-c3cccnc3CON)c(C(=O)O)c2C1. The molecule has 3 N–H and O–H groups in total. The smallest absolute Gasteiger partial charge is 0.337 e. The van der Waals surface area contributed by atoms with Crippen LogP contribution in [-0.2, 0) is 24.3 Å². The first kappa shape index (κ1) is 19.8. The molecule has 0 bridgehead atoms.